The predicted octanol–water partition coefficient (Wildman–Crippen LogP) is 2.92. The molecule has 2 rings (SSSR count). The molecule has 0 spiro atoms. The molecule has 2 N–H and O–H groups in total. The molecule has 5 nitrogen and oxygen atoms in total. The van der Waals surface area contributed by atoms with Crippen LogP contribution in [0.4, 0.5) is 5.69 Å². The van der Waals surface area contributed by atoms with Gasteiger partial charge in [-0.15, -0.1) is 0 Å². The molecule has 0 aliphatic carbocycles. The van der Waals surface area contributed by atoms with Gasteiger partial charge in [0, 0.05) is 5.69 Å². The van der Waals surface area contributed by atoms with Crippen molar-refractivity contribution in [3.8, 4) is 0 Å². The Hall–Kier alpha value is -2.08. The summed E-state index contributed by atoms with van der Waals surface area (Å²) in [6.45, 7) is 0. The fourth-order valence-corrected chi connectivity index (χ4v) is 1.89. The largest absolute Gasteiger partial charge is 0.481 e. The van der Waals surface area contributed by atoms with E-state index < -0.39 is 11.9 Å². The topological polar surface area (TPSA) is 79.5 Å². The van der Waals surface area contributed by atoms with E-state index in [-0.39, 0.29) is 12.2 Å². The maximum atomic E-state index is 11.9. The Morgan fingerprint density at radius 3 is 2.58 bits per heavy atom. The minimum absolute atomic E-state index is 0.150. The Balaban J connectivity index is 2.19. The molecule has 1 heterocycles. The van der Waals surface area contributed by atoms with Crippen LogP contribution in [0.2, 0.25) is 0 Å². The highest BCUT2D eigenvalue weighted by Gasteiger charge is 2.13. The summed E-state index contributed by atoms with van der Waals surface area (Å²) in [6.07, 6.45) is -0.154. The summed E-state index contributed by atoms with van der Waals surface area (Å²) in [6, 6.07) is 9.88. The van der Waals surface area contributed by atoms with Gasteiger partial charge >= 0.3 is 5.97 Å². The van der Waals surface area contributed by atoms with Gasteiger partial charge in [-0.05, 0) is 39.7 Å². The number of amides is 1. The lowest BCUT2D eigenvalue weighted by Gasteiger charge is -2.08. The maximum absolute atomic E-state index is 11.9. The Morgan fingerprint density at radius 2 is 1.95 bits per heavy atom. The molecule has 0 unspecified atom stereocenters. The van der Waals surface area contributed by atoms with E-state index in [0.29, 0.717) is 15.9 Å². The van der Waals surface area contributed by atoms with Crippen molar-refractivity contribution in [3.63, 3.8) is 0 Å². The summed E-state index contributed by atoms with van der Waals surface area (Å²) >= 11 is 3.11. The van der Waals surface area contributed by atoms with Gasteiger partial charge in [0.1, 0.15) is 0 Å². The van der Waals surface area contributed by atoms with Crippen LogP contribution in [0.25, 0.3) is 0 Å². The van der Waals surface area contributed by atoms with Crippen molar-refractivity contribution < 1.29 is 19.1 Å². The standard InChI is InChI=1S/C13H10BrNO4/c14-11-6-5-10(19-11)13(18)15-9-4-2-1-3-8(9)7-12(16)17/h1-6H,7H2,(H,15,18)(H,16,17). The van der Waals surface area contributed by atoms with Gasteiger partial charge in [0.25, 0.3) is 5.91 Å². The highest BCUT2D eigenvalue weighted by molar-refractivity contribution is 9.10. The van der Waals surface area contributed by atoms with Crippen molar-refractivity contribution in [3.05, 3.63) is 52.4 Å². The third-order valence-electron chi connectivity index (χ3n) is 2.40. The van der Waals surface area contributed by atoms with Crippen LogP contribution in [-0.4, -0.2) is 17.0 Å². The van der Waals surface area contributed by atoms with Gasteiger partial charge in [-0.3, -0.25) is 9.59 Å². The van der Waals surface area contributed by atoms with E-state index >= 15 is 0 Å². The first-order chi connectivity index (χ1) is 9.06. The smallest absolute Gasteiger partial charge is 0.307 e. The summed E-state index contributed by atoms with van der Waals surface area (Å²) in [7, 11) is 0. The van der Waals surface area contributed by atoms with Gasteiger partial charge in [-0.2, -0.15) is 0 Å². The van der Waals surface area contributed by atoms with Crippen molar-refractivity contribution in [1.82, 2.24) is 0 Å². The molecule has 1 aromatic heterocycles. The molecule has 1 aromatic carbocycles. The molecule has 0 aliphatic heterocycles. The van der Waals surface area contributed by atoms with Crippen molar-refractivity contribution in [1.29, 1.82) is 0 Å². The molecular formula is C13H10BrNO4. The van der Waals surface area contributed by atoms with E-state index in [1.165, 1.54) is 6.07 Å². The number of rotatable bonds is 4. The van der Waals surface area contributed by atoms with Crippen LogP contribution in [0.1, 0.15) is 16.1 Å². The third-order valence-corrected chi connectivity index (χ3v) is 2.83. The number of carbonyl (C=O) groups is 2. The Morgan fingerprint density at radius 1 is 1.21 bits per heavy atom. The minimum atomic E-state index is -0.956. The molecule has 2 aromatic rings. The second kappa shape index (κ2) is 5.71. The molecule has 0 bridgehead atoms. The predicted molar refractivity (Wildman–Crippen MR) is 72.1 cm³/mol. The molecule has 0 saturated carbocycles. The molecule has 0 aliphatic rings. The quantitative estimate of drug-likeness (QED) is 0.906. The number of carbonyl (C=O) groups excluding carboxylic acids is 1. The highest BCUT2D eigenvalue weighted by atomic mass is 79.9. The van der Waals surface area contributed by atoms with Crippen molar-refractivity contribution >= 4 is 33.5 Å². The Bertz CT molecular complexity index is 621. The molecule has 19 heavy (non-hydrogen) atoms. The van der Waals surface area contributed by atoms with E-state index in [1.54, 1.807) is 30.3 Å². The van der Waals surface area contributed by atoms with E-state index in [4.69, 9.17) is 9.52 Å². The minimum Gasteiger partial charge on any atom is -0.481 e. The van der Waals surface area contributed by atoms with Gasteiger partial charge < -0.3 is 14.8 Å². The van der Waals surface area contributed by atoms with Gasteiger partial charge in [-0.25, -0.2) is 0 Å². The number of hydrogen-bond acceptors (Lipinski definition) is 3. The average molecular weight is 324 g/mol. The zero-order chi connectivity index (χ0) is 13.8. The summed E-state index contributed by atoms with van der Waals surface area (Å²) in [5.41, 5.74) is 0.997. The van der Waals surface area contributed by atoms with Crippen molar-refractivity contribution in [2.75, 3.05) is 5.32 Å². The fourth-order valence-electron chi connectivity index (χ4n) is 1.58. The normalized spacial score (nSPS) is 10.2. The Kier molecular flexibility index (Phi) is 4.01. The molecule has 6 heteroatoms. The number of nitrogens with one attached hydrogen (secondary N) is 1. The monoisotopic (exact) mass is 323 g/mol. The van der Waals surface area contributed by atoms with Crippen LogP contribution in [0.5, 0.6) is 0 Å². The SMILES string of the molecule is O=C(O)Cc1ccccc1NC(=O)c1ccc(Br)o1. The molecule has 1 amide bonds. The number of furan rings is 1. The van der Waals surface area contributed by atoms with Crippen LogP contribution in [0.15, 0.2) is 45.5 Å². The first-order valence-corrected chi connectivity index (χ1v) is 6.22. The average Bonchev–Trinajstić information content (AvgIpc) is 2.78. The fraction of sp³-hybridized carbons (Fsp3) is 0.0769. The number of halogens is 1. The lowest BCUT2D eigenvalue weighted by atomic mass is 10.1. The Labute approximate surface area is 117 Å². The second-order valence-corrected chi connectivity index (χ2v) is 4.57. The molecule has 0 radical (unpaired) electrons. The zero-order valence-corrected chi connectivity index (χ0v) is 11.3. The first-order valence-electron chi connectivity index (χ1n) is 5.42. The van der Waals surface area contributed by atoms with Crippen LogP contribution in [0, 0.1) is 0 Å². The van der Waals surface area contributed by atoms with Gasteiger partial charge in [0.2, 0.25) is 0 Å². The van der Waals surface area contributed by atoms with Gasteiger partial charge in [-0.1, -0.05) is 18.2 Å². The molecule has 0 saturated heterocycles. The number of anilines is 1. The molecule has 98 valence electrons. The number of carboxylic acids is 1. The lowest BCUT2D eigenvalue weighted by Crippen LogP contribution is -2.13. The van der Waals surface area contributed by atoms with Crippen LogP contribution in [0.3, 0.4) is 0 Å². The van der Waals surface area contributed by atoms with Gasteiger partial charge in [0.05, 0.1) is 6.42 Å². The summed E-state index contributed by atoms with van der Waals surface area (Å²) in [5, 5.41) is 11.4. The van der Waals surface area contributed by atoms with E-state index in [2.05, 4.69) is 21.2 Å². The van der Waals surface area contributed by atoms with Crippen LogP contribution < -0.4 is 5.32 Å². The number of hydrogen-bond donors (Lipinski definition) is 2. The van der Waals surface area contributed by atoms with E-state index in [1.807, 2.05) is 0 Å². The zero-order valence-electron chi connectivity index (χ0n) is 9.72. The summed E-state index contributed by atoms with van der Waals surface area (Å²) in [4.78, 5) is 22.6. The number of carboxylic acid groups (broad SMARTS) is 1. The van der Waals surface area contributed by atoms with Crippen molar-refractivity contribution in [2.24, 2.45) is 0 Å². The number of benzene rings is 1. The molecule has 0 fully saturated rings. The molecular weight excluding hydrogens is 314 g/mol. The second-order valence-electron chi connectivity index (χ2n) is 3.79. The maximum Gasteiger partial charge on any atom is 0.307 e. The summed E-state index contributed by atoms with van der Waals surface area (Å²) in [5.74, 6) is -1.23. The van der Waals surface area contributed by atoms with E-state index in [0.717, 1.165) is 0 Å². The summed E-state index contributed by atoms with van der Waals surface area (Å²) < 4.78 is 5.58. The van der Waals surface area contributed by atoms with Crippen molar-refractivity contribution in [2.45, 2.75) is 6.42 Å². The number of aliphatic carboxylic acids is 1. The van der Waals surface area contributed by atoms with Crippen LogP contribution in [-0.2, 0) is 11.2 Å². The third kappa shape index (κ3) is 3.45. The first kappa shape index (κ1) is 13.4. The van der Waals surface area contributed by atoms with Gasteiger partial charge in [0.15, 0.2) is 10.4 Å². The number of para-hydroxylation sites is 1. The molecule has 0 atom stereocenters. The van der Waals surface area contributed by atoms with E-state index in [9.17, 15) is 9.59 Å². The lowest BCUT2D eigenvalue weighted by molar-refractivity contribution is -0.136. The highest BCUT2D eigenvalue weighted by Crippen LogP contribution is 2.19. The van der Waals surface area contributed by atoms with Crippen LogP contribution >= 0.6 is 15.9 Å².